The van der Waals surface area contributed by atoms with Crippen LogP contribution in [0.5, 0.6) is 0 Å². The quantitative estimate of drug-likeness (QED) is 0.885. The number of aryl methyl sites for hydroxylation is 1. The molecule has 19 heavy (non-hydrogen) atoms. The summed E-state index contributed by atoms with van der Waals surface area (Å²) in [5, 5.41) is 0. The molecule has 1 aliphatic rings. The molecule has 0 aromatic carbocycles. The van der Waals surface area contributed by atoms with Crippen molar-refractivity contribution in [1.82, 2.24) is 9.47 Å². The maximum Gasteiger partial charge on any atom is 0.241 e. The molecule has 106 valence electrons. The van der Waals surface area contributed by atoms with Crippen LogP contribution in [0.4, 0.5) is 0 Å². The molecule has 0 radical (unpaired) electrons. The van der Waals surface area contributed by atoms with E-state index in [0.717, 1.165) is 18.5 Å². The van der Waals surface area contributed by atoms with Crippen LogP contribution in [0.2, 0.25) is 0 Å². The van der Waals surface area contributed by atoms with E-state index in [9.17, 15) is 4.79 Å². The van der Waals surface area contributed by atoms with Crippen LogP contribution < -0.4 is 5.73 Å². The molecule has 1 heterocycles. The van der Waals surface area contributed by atoms with Crippen LogP contribution in [0.25, 0.3) is 0 Å². The Balaban J connectivity index is 2.39. The Kier molecular flexibility index (Phi) is 3.47. The standard InChI is InChI=1S/C15H25N3O/c1-10-6-11-12(16)7-15(2,3)8-13(11)18(10)9-14(19)17(4)5/h6,12H,7-9,16H2,1-5H3. The number of rotatable bonds is 2. The molecule has 1 aromatic rings. The van der Waals surface area contributed by atoms with Gasteiger partial charge in [0.2, 0.25) is 5.91 Å². The molecule has 2 N–H and O–H groups in total. The Morgan fingerprint density at radius 1 is 1.53 bits per heavy atom. The molecular formula is C15H25N3O. The highest BCUT2D eigenvalue weighted by Gasteiger charge is 2.33. The van der Waals surface area contributed by atoms with Crippen LogP contribution in [-0.4, -0.2) is 29.5 Å². The smallest absolute Gasteiger partial charge is 0.241 e. The first-order chi connectivity index (χ1) is 8.71. The molecule has 1 aliphatic carbocycles. The number of carbonyl (C=O) groups excluding carboxylic acids is 1. The molecule has 0 aliphatic heterocycles. The number of aromatic nitrogens is 1. The largest absolute Gasteiger partial charge is 0.347 e. The van der Waals surface area contributed by atoms with Gasteiger partial charge in [-0.25, -0.2) is 0 Å². The lowest BCUT2D eigenvalue weighted by atomic mass is 9.74. The van der Waals surface area contributed by atoms with Crippen LogP contribution in [0, 0.1) is 12.3 Å². The average molecular weight is 263 g/mol. The topological polar surface area (TPSA) is 51.3 Å². The molecule has 4 heteroatoms. The summed E-state index contributed by atoms with van der Waals surface area (Å²) < 4.78 is 2.14. The van der Waals surface area contributed by atoms with Gasteiger partial charge < -0.3 is 15.2 Å². The Hall–Kier alpha value is -1.29. The minimum Gasteiger partial charge on any atom is -0.347 e. The van der Waals surface area contributed by atoms with Crippen molar-refractivity contribution in [2.24, 2.45) is 11.1 Å². The van der Waals surface area contributed by atoms with Crippen molar-refractivity contribution < 1.29 is 4.79 Å². The zero-order valence-electron chi connectivity index (χ0n) is 12.7. The lowest BCUT2D eigenvalue weighted by Crippen LogP contribution is -2.32. The normalized spacial score (nSPS) is 21.1. The van der Waals surface area contributed by atoms with E-state index < -0.39 is 0 Å². The van der Waals surface area contributed by atoms with E-state index in [1.165, 1.54) is 11.3 Å². The first-order valence-electron chi connectivity index (χ1n) is 6.86. The Labute approximate surface area is 115 Å². The lowest BCUT2D eigenvalue weighted by molar-refractivity contribution is -0.129. The third-order valence-corrected chi connectivity index (χ3v) is 4.06. The minimum atomic E-state index is 0.0909. The number of nitrogens with two attached hydrogens (primary N) is 1. The van der Waals surface area contributed by atoms with Gasteiger partial charge in [-0.15, -0.1) is 0 Å². The Bertz CT molecular complexity index is 500. The maximum atomic E-state index is 12.0. The van der Waals surface area contributed by atoms with Gasteiger partial charge >= 0.3 is 0 Å². The van der Waals surface area contributed by atoms with Crippen molar-refractivity contribution in [3.05, 3.63) is 23.0 Å². The second-order valence-electron chi connectivity index (χ2n) is 6.71. The first kappa shape index (κ1) is 14.1. The van der Waals surface area contributed by atoms with Gasteiger partial charge in [0.05, 0.1) is 0 Å². The minimum absolute atomic E-state index is 0.0909. The Morgan fingerprint density at radius 2 is 2.16 bits per heavy atom. The van der Waals surface area contributed by atoms with E-state index in [1.807, 2.05) is 0 Å². The fourth-order valence-corrected chi connectivity index (χ4v) is 3.00. The van der Waals surface area contributed by atoms with Crippen molar-refractivity contribution in [3.8, 4) is 0 Å². The molecule has 1 unspecified atom stereocenters. The summed E-state index contributed by atoms with van der Waals surface area (Å²) in [6.07, 6.45) is 2.00. The number of fused-ring (bicyclic) bond motifs is 1. The summed E-state index contributed by atoms with van der Waals surface area (Å²) in [5.74, 6) is 0.124. The second kappa shape index (κ2) is 4.67. The molecule has 1 atom stereocenters. The van der Waals surface area contributed by atoms with Gasteiger partial charge in [-0.3, -0.25) is 4.79 Å². The lowest BCUT2D eigenvalue weighted by Gasteiger charge is -2.34. The van der Waals surface area contributed by atoms with Crippen molar-refractivity contribution >= 4 is 5.91 Å². The summed E-state index contributed by atoms with van der Waals surface area (Å²) in [4.78, 5) is 13.6. The van der Waals surface area contributed by atoms with Crippen molar-refractivity contribution in [2.75, 3.05) is 14.1 Å². The van der Waals surface area contributed by atoms with Crippen LogP contribution in [0.15, 0.2) is 6.07 Å². The zero-order chi connectivity index (χ0) is 14.4. The van der Waals surface area contributed by atoms with E-state index >= 15 is 0 Å². The molecular weight excluding hydrogens is 238 g/mol. The van der Waals surface area contributed by atoms with E-state index in [2.05, 4.69) is 31.4 Å². The summed E-state index contributed by atoms with van der Waals surface area (Å²) in [5.41, 5.74) is 10.1. The van der Waals surface area contributed by atoms with Crippen molar-refractivity contribution in [2.45, 2.75) is 46.2 Å². The monoisotopic (exact) mass is 263 g/mol. The summed E-state index contributed by atoms with van der Waals surface area (Å²) in [6.45, 7) is 6.96. The predicted molar refractivity (Wildman–Crippen MR) is 76.9 cm³/mol. The molecule has 0 fully saturated rings. The summed E-state index contributed by atoms with van der Waals surface area (Å²) in [7, 11) is 3.59. The summed E-state index contributed by atoms with van der Waals surface area (Å²) in [6, 6.07) is 2.24. The zero-order valence-corrected chi connectivity index (χ0v) is 12.7. The molecule has 0 saturated carbocycles. The fraction of sp³-hybridized carbons (Fsp3) is 0.667. The highest BCUT2D eigenvalue weighted by atomic mass is 16.2. The van der Waals surface area contributed by atoms with Crippen LogP contribution in [-0.2, 0) is 17.8 Å². The third-order valence-electron chi connectivity index (χ3n) is 4.06. The number of carbonyl (C=O) groups is 1. The van der Waals surface area contributed by atoms with E-state index in [1.54, 1.807) is 19.0 Å². The number of hydrogen-bond acceptors (Lipinski definition) is 2. The van der Waals surface area contributed by atoms with Crippen molar-refractivity contribution in [1.29, 1.82) is 0 Å². The van der Waals surface area contributed by atoms with Gasteiger partial charge in [-0.05, 0) is 36.8 Å². The van der Waals surface area contributed by atoms with Crippen molar-refractivity contribution in [3.63, 3.8) is 0 Å². The number of likely N-dealkylation sites (N-methyl/N-ethyl adjacent to an activating group) is 1. The summed E-state index contributed by atoms with van der Waals surface area (Å²) >= 11 is 0. The first-order valence-corrected chi connectivity index (χ1v) is 6.86. The van der Waals surface area contributed by atoms with Gasteiger partial charge in [-0.1, -0.05) is 13.8 Å². The maximum absolute atomic E-state index is 12.0. The molecule has 0 spiro atoms. The molecule has 1 aromatic heterocycles. The van der Waals surface area contributed by atoms with Gasteiger partial charge in [-0.2, -0.15) is 0 Å². The van der Waals surface area contributed by atoms with Crippen LogP contribution >= 0.6 is 0 Å². The SMILES string of the molecule is Cc1cc2c(n1CC(=O)N(C)C)CC(C)(C)CC2N. The van der Waals surface area contributed by atoms with E-state index in [4.69, 9.17) is 5.73 Å². The fourth-order valence-electron chi connectivity index (χ4n) is 3.00. The van der Waals surface area contributed by atoms with Gasteiger partial charge in [0, 0.05) is 31.5 Å². The molecule has 4 nitrogen and oxygen atoms in total. The third kappa shape index (κ3) is 2.68. The van der Waals surface area contributed by atoms with E-state index in [0.29, 0.717) is 6.54 Å². The number of nitrogens with zero attached hydrogens (tertiary/aromatic N) is 2. The highest BCUT2D eigenvalue weighted by Crippen LogP contribution is 2.40. The second-order valence-corrected chi connectivity index (χ2v) is 6.71. The number of amides is 1. The molecule has 2 rings (SSSR count). The Morgan fingerprint density at radius 3 is 2.74 bits per heavy atom. The average Bonchev–Trinajstić information content (AvgIpc) is 2.55. The van der Waals surface area contributed by atoms with Gasteiger partial charge in [0.25, 0.3) is 0 Å². The molecule has 0 saturated heterocycles. The van der Waals surface area contributed by atoms with E-state index in [-0.39, 0.29) is 17.4 Å². The molecule has 1 amide bonds. The van der Waals surface area contributed by atoms with Gasteiger partial charge in [0.15, 0.2) is 0 Å². The predicted octanol–water partition coefficient (Wildman–Crippen LogP) is 1.86. The van der Waals surface area contributed by atoms with Crippen LogP contribution in [0.3, 0.4) is 0 Å². The molecule has 0 bridgehead atoms. The highest BCUT2D eigenvalue weighted by molar-refractivity contribution is 5.75. The number of hydrogen-bond donors (Lipinski definition) is 1. The van der Waals surface area contributed by atoms with Gasteiger partial charge in [0.1, 0.15) is 6.54 Å². The van der Waals surface area contributed by atoms with Crippen LogP contribution in [0.1, 0.15) is 43.3 Å².